The molecule has 0 fully saturated rings. The molecule has 0 aliphatic rings. The van der Waals surface area contributed by atoms with Crippen LogP contribution in [0.2, 0.25) is 5.02 Å². The number of hydrogen-bond donors (Lipinski definition) is 2. The quantitative estimate of drug-likeness (QED) is 0.480. The van der Waals surface area contributed by atoms with E-state index in [0.717, 1.165) is 6.07 Å². The highest BCUT2D eigenvalue weighted by Crippen LogP contribution is 2.24. The van der Waals surface area contributed by atoms with E-state index in [1.54, 1.807) is 48.5 Å². The van der Waals surface area contributed by atoms with Crippen LogP contribution in [0.25, 0.3) is 0 Å². The molecule has 0 radical (unpaired) electrons. The predicted octanol–water partition coefficient (Wildman–Crippen LogP) is 4.75. The lowest BCUT2D eigenvalue weighted by atomic mass is 10.1. The summed E-state index contributed by atoms with van der Waals surface area (Å²) in [6.07, 6.45) is 0. The van der Waals surface area contributed by atoms with E-state index in [9.17, 15) is 19.7 Å². The van der Waals surface area contributed by atoms with Crippen molar-refractivity contribution in [3.63, 3.8) is 0 Å². The van der Waals surface area contributed by atoms with Gasteiger partial charge in [0.1, 0.15) is 0 Å². The Kier molecular flexibility index (Phi) is 5.67. The number of benzene rings is 3. The number of halogens is 1. The van der Waals surface area contributed by atoms with Crippen LogP contribution in [-0.4, -0.2) is 16.7 Å². The molecule has 0 bridgehead atoms. The molecule has 3 aromatic rings. The Morgan fingerprint density at radius 1 is 0.821 bits per heavy atom. The van der Waals surface area contributed by atoms with Crippen LogP contribution in [0.4, 0.5) is 17.1 Å². The summed E-state index contributed by atoms with van der Waals surface area (Å²) < 4.78 is 0. The van der Waals surface area contributed by atoms with Crippen LogP contribution in [0.1, 0.15) is 20.7 Å². The summed E-state index contributed by atoms with van der Waals surface area (Å²) in [6, 6.07) is 19.0. The minimum Gasteiger partial charge on any atom is -0.322 e. The van der Waals surface area contributed by atoms with Gasteiger partial charge in [-0.25, -0.2) is 0 Å². The van der Waals surface area contributed by atoms with E-state index in [2.05, 4.69) is 10.6 Å². The highest BCUT2D eigenvalue weighted by Gasteiger charge is 2.18. The van der Waals surface area contributed by atoms with Gasteiger partial charge in [-0.3, -0.25) is 19.7 Å². The van der Waals surface area contributed by atoms with Gasteiger partial charge in [0.25, 0.3) is 17.5 Å². The van der Waals surface area contributed by atoms with Crippen LogP contribution in [0.5, 0.6) is 0 Å². The van der Waals surface area contributed by atoms with Gasteiger partial charge in [-0.1, -0.05) is 41.9 Å². The van der Waals surface area contributed by atoms with Crippen molar-refractivity contribution in [3.05, 3.63) is 99.1 Å². The third-order valence-corrected chi connectivity index (χ3v) is 4.17. The molecular formula is C20H14ClN3O4. The van der Waals surface area contributed by atoms with E-state index in [-0.39, 0.29) is 27.5 Å². The molecule has 0 unspecified atom stereocenters. The summed E-state index contributed by atoms with van der Waals surface area (Å²) in [5.41, 5.74) is 1.01. The summed E-state index contributed by atoms with van der Waals surface area (Å²) in [4.78, 5) is 35.3. The predicted molar refractivity (Wildman–Crippen MR) is 107 cm³/mol. The smallest absolute Gasteiger partial charge is 0.270 e. The summed E-state index contributed by atoms with van der Waals surface area (Å²) in [5.74, 6) is -0.975. The standard InChI is InChI=1S/C20H14ClN3O4/c21-17-12-14(24(27)28)10-11-15(17)19(25)23-18-9-5-4-8-16(18)20(26)22-13-6-2-1-3-7-13/h1-12H,(H,22,26)(H,23,25). The molecule has 2 amide bonds. The van der Waals surface area contributed by atoms with E-state index < -0.39 is 16.7 Å². The lowest BCUT2D eigenvalue weighted by Gasteiger charge is -2.12. The summed E-state index contributed by atoms with van der Waals surface area (Å²) >= 11 is 6.00. The Labute approximate surface area is 165 Å². The topological polar surface area (TPSA) is 101 Å². The second kappa shape index (κ2) is 8.32. The number of rotatable bonds is 5. The van der Waals surface area contributed by atoms with Gasteiger partial charge in [0.2, 0.25) is 0 Å². The molecule has 3 rings (SSSR count). The molecule has 140 valence electrons. The first-order valence-corrected chi connectivity index (χ1v) is 8.54. The Hall–Kier alpha value is -3.71. The number of nitro groups is 1. The number of nitrogens with zero attached hydrogens (tertiary/aromatic N) is 1. The summed E-state index contributed by atoms with van der Waals surface area (Å²) in [7, 11) is 0. The van der Waals surface area contributed by atoms with Crippen molar-refractivity contribution in [1.29, 1.82) is 0 Å². The van der Waals surface area contributed by atoms with E-state index in [1.165, 1.54) is 12.1 Å². The van der Waals surface area contributed by atoms with E-state index in [4.69, 9.17) is 11.6 Å². The Morgan fingerprint density at radius 2 is 1.46 bits per heavy atom. The number of non-ortho nitro benzene ring substituents is 1. The molecule has 0 heterocycles. The van der Waals surface area contributed by atoms with Crippen molar-refractivity contribution in [2.75, 3.05) is 10.6 Å². The van der Waals surface area contributed by atoms with Crippen molar-refractivity contribution in [3.8, 4) is 0 Å². The fourth-order valence-electron chi connectivity index (χ4n) is 2.50. The van der Waals surface area contributed by atoms with Gasteiger partial charge in [0.15, 0.2) is 0 Å². The molecule has 0 saturated heterocycles. The second-order valence-corrected chi connectivity index (χ2v) is 6.15. The molecule has 2 N–H and O–H groups in total. The second-order valence-electron chi connectivity index (χ2n) is 5.74. The summed E-state index contributed by atoms with van der Waals surface area (Å²) in [5, 5.41) is 16.1. The third kappa shape index (κ3) is 4.33. The molecule has 7 nitrogen and oxygen atoms in total. The molecule has 8 heteroatoms. The zero-order chi connectivity index (χ0) is 20.1. The number of hydrogen-bond acceptors (Lipinski definition) is 4. The Bertz CT molecular complexity index is 1050. The van der Waals surface area contributed by atoms with Crippen LogP contribution < -0.4 is 10.6 Å². The van der Waals surface area contributed by atoms with Gasteiger partial charge in [-0.2, -0.15) is 0 Å². The van der Waals surface area contributed by atoms with Gasteiger partial charge in [0.05, 0.1) is 26.8 Å². The van der Waals surface area contributed by atoms with Crippen molar-refractivity contribution in [2.45, 2.75) is 0 Å². The number of para-hydroxylation sites is 2. The van der Waals surface area contributed by atoms with Crippen molar-refractivity contribution in [2.24, 2.45) is 0 Å². The SMILES string of the molecule is O=C(Nc1ccccc1C(=O)Nc1ccccc1)c1ccc([N+](=O)[O-])cc1Cl. The normalized spacial score (nSPS) is 10.2. The molecule has 0 aromatic heterocycles. The maximum absolute atomic E-state index is 12.6. The van der Waals surface area contributed by atoms with E-state index >= 15 is 0 Å². The fraction of sp³-hybridized carbons (Fsp3) is 0. The number of nitrogens with one attached hydrogen (secondary N) is 2. The third-order valence-electron chi connectivity index (χ3n) is 3.86. The fourth-order valence-corrected chi connectivity index (χ4v) is 2.76. The van der Waals surface area contributed by atoms with Crippen LogP contribution in [0.15, 0.2) is 72.8 Å². The Morgan fingerprint density at radius 3 is 2.14 bits per heavy atom. The van der Waals surface area contributed by atoms with Crippen LogP contribution in [0, 0.1) is 10.1 Å². The maximum atomic E-state index is 12.6. The maximum Gasteiger partial charge on any atom is 0.270 e. The summed E-state index contributed by atoms with van der Waals surface area (Å²) in [6.45, 7) is 0. The van der Waals surface area contributed by atoms with Gasteiger partial charge in [0, 0.05) is 17.8 Å². The minimum absolute atomic E-state index is 0.0575. The highest BCUT2D eigenvalue weighted by atomic mass is 35.5. The number of carbonyl (C=O) groups is 2. The van der Waals surface area contributed by atoms with Gasteiger partial charge in [-0.05, 0) is 30.3 Å². The first kappa shape index (κ1) is 19.1. The molecule has 0 atom stereocenters. The molecule has 0 spiro atoms. The lowest BCUT2D eigenvalue weighted by Crippen LogP contribution is -2.18. The van der Waals surface area contributed by atoms with Crippen molar-refractivity contribution >= 4 is 40.5 Å². The number of anilines is 2. The minimum atomic E-state index is -0.600. The molecule has 3 aromatic carbocycles. The molecule has 28 heavy (non-hydrogen) atoms. The average molecular weight is 396 g/mol. The molecule has 0 aliphatic heterocycles. The largest absolute Gasteiger partial charge is 0.322 e. The number of nitro benzene ring substituents is 1. The van der Waals surface area contributed by atoms with Crippen LogP contribution in [0.3, 0.4) is 0 Å². The van der Waals surface area contributed by atoms with Crippen molar-refractivity contribution in [1.82, 2.24) is 0 Å². The zero-order valence-electron chi connectivity index (χ0n) is 14.4. The van der Waals surface area contributed by atoms with E-state index in [0.29, 0.717) is 5.69 Å². The highest BCUT2D eigenvalue weighted by molar-refractivity contribution is 6.34. The first-order chi connectivity index (χ1) is 13.5. The first-order valence-electron chi connectivity index (χ1n) is 8.16. The molecule has 0 saturated carbocycles. The van der Waals surface area contributed by atoms with E-state index in [1.807, 2.05) is 6.07 Å². The van der Waals surface area contributed by atoms with Gasteiger partial charge in [-0.15, -0.1) is 0 Å². The van der Waals surface area contributed by atoms with Crippen LogP contribution in [-0.2, 0) is 0 Å². The van der Waals surface area contributed by atoms with Crippen molar-refractivity contribution < 1.29 is 14.5 Å². The monoisotopic (exact) mass is 395 g/mol. The lowest BCUT2D eigenvalue weighted by molar-refractivity contribution is -0.384. The average Bonchev–Trinajstić information content (AvgIpc) is 2.68. The Balaban J connectivity index is 1.82. The van der Waals surface area contributed by atoms with Crippen LogP contribution >= 0.6 is 11.6 Å². The van der Waals surface area contributed by atoms with Gasteiger partial charge < -0.3 is 10.6 Å². The number of amides is 2. The van der Waals surface area contributed by atoms with Gasteiger partial charge >= 0.3 is 0 Å². The number of carbonyl (C=O) groups excluding carboxylic acids is 2. The molecule has 0 aliphatic carbocycles. The molecular weight excluding hydrogens is 382 g/mol. The zero-order valence-corrected chi connectivity index (χ0v) is 15.1.